The number of nitro benzene ring substituents is 1. The van der Waals surface area contributed by atoms with Crippen molar-refractivity contribution in [3.8, 4) is 5.75 Å². The molecule has 8 nitrogen and oxygen atoms in total. The second-order valence-electron chi connectivity index (χ2n) is 6.07. The van der Waals surface area contributed by atoms with Crippen LogP contribution in [0.3, 0.4) is 0 Å². The molecule has 0 radical (unpaired) electrons. The molecule has 0 unspecified atom stereocenters. The molecular weight excluding hydrogens is 362 g/mol. The third-order valence-electron chi connectivity index (χ3n) is 4.61. The Morgan fingerprint density at radius 1 is 1.50 bits per heavy atom. The Kier molecular flexibility index (Phi) is 5.13. The van der Waals surface area contributed by atoms with Gasteiger partial charge >= 0.3 is 11.8 Å². The number of phenols is 1. The molecule has 2 aromatic rings. The van der Waals surface area contributed by atoms with Gasteiger partial charge in [0, 0.05) is 30.7 Å². The summed E-state index contributed by atoms with van der Waals surface area (Å²) in [6, 6.07) is 2.96. The van der Waals surface area contributed by atoms with Gasteiger partial charge in [0.2, 0.25) is 5.75 Å². The lowest BCUT2D eigenvalue weighted by Gasteiger charge is -2.32. The van der Waals surface area contributed by atoms with Crippen LogP contribution in [-0.4, -0.2) is 45.7 Å². The molecule has 0 spiro atoms. The summed E-state index contributed by atoms with van der Waals surface area (Å²) in [4.78, 5) is 28.0. The topological polar surface area (TPSA) is 106 Å². The van der Waals surface area contributed by atoms with Crippen LogP contribution in [0.4, 0.5) is 10.5 Å². The van der Waals surface area contributed by atoms with Crippen LogP contribution in [0.1, 0.15) is 31.2 Å². The van der Waals surface area contributed by atoms with Crippen LogP contribution in [0, 0.1) is 10.1 Å². The normalized spacial score (nSPS) is 15.2. The van der Waals surface area contributed by atoms with E-state index in [0.29, 0.717) is 37.9 Å². The number of benzene rings is 1. The van der Waals surface area contributed by atoms with Crippen molar-refractivity contribution in [2.45, 2.75) is 25.7 Å². The van der Waals surface area contributed by atoms with Gasteiger partial charge in [-0.1, -0.05) is 11.6 Å². The highest BCUT2D eigenvalue weighted by Gasteiger charge is 2.28. The minimum atomic E-state index is -0.688. The van der Waals surface area contributed by atoms with Crippen LogP contribution in [-0.2, 0) is 4.74 Å². The zero-order valence-corrected chi connectivity index (χ0v) is 14.9. The van der Waals surface area contributed by atoms with Crippen molar-refractivity contribution < 1.29 is 19.6 Å². The molecule has 0 atom stereocenters. The van der Waals surface area contributed by atoms with Gasteiger partial charge in [0.25, 0.3) is 0 Å². The van der Waals surface area contributed by atoms with Crippen LogP contribution in [0.2, 0.25) is 5.02 Å². The summed E-state index contributed by atoms with van der Waals surface area (Å²) in [5.74, 6) is -0.384. The van der Waals surface area contributed by atoms with Crippen molar-refractivity contribution in [2.24, 2.45) is 0 Å². The molecule has 0 bridgehead atoms. The molecule has 1 aromatic heterocycles. The molecule has 1 aliphatic heterocycles. The molecule has 3 rings (SSSR count). The van der Waals surface area contributed by atoms with Crippen LogP contribution in [0.15, 0.2) is 18.3 Å². The molecule has 2 heterocycles. The van der Waals surface area contributed by atoms with Gasteiger partial charge in [-0.2, -0.15) is 0 Å². The number of amides is 1. The Labute approximate surface area is 154 Å². The molecule has 9 heteroatoms. The van der Waals surface area contributed by atoms with Crippen LogP contribution < -0.4 is 0 Å². The number of aromatic hydroxyl groups is 1. The maximum atomic E-state index is 11.8. The van der Waals surface area contributed by atoms with Crippen molar-refractivity contribution in [2.75, 3.05) is 19.7 Å². The largest absolute Gasteiger partial charge is 0.501 e. The molecule has 1 amide bonds. The lowest BCUT2D eigenvalue weighted by atomic mass is 9.87. The van der Waals surface area contributed by atoms with Crippen molar-refractivity contribution in [1.82, 2.24) is 9.88 Å². The number of nitrogens with zero attached hydrogens (tertiary/aromatic N) is 3. The monoisotopic (exact) mass is 379 g/mol. The molecule has 1 aliphatic rings. The third-order valence-corrected chi connectivity index (χ3v) is 4.91. The molecule has 26 heavy (non-hydrogen) atoms. The van der Waals surface area contributed by atoms with E-state index in [4.69, 9.17) is 16.3 Å². The molecular formula is C17H18ClN3O5. The van der Waals surface area contributed by atoms with E-state index >= 15 is 0 Å². The number of pyridine rings is 1. The first-order valence-electron chi connectivity index (χ1n) is 8.30. The number of nitro groups is 1. The van der Waals surface area contributed by atoms with Gasteiger partial charge in [-0.25, -0.2) is 4.79 Å². The summed E-state index contributed by atoms with van der Waals surface area (Å²) < 4.78 is 5.02. The minimum absolute atomic E-state index is 0.101. The molecule has 0 aliphatic carbocycles. The number of rotatable bonds is 3. The highest BCUT2D eigenvalue weighted by Crippen LogP contribution is 2.42. The van der Waals surface area contributed by atoms with E-state index in [9.17, 15) is 20.0 Å². The summed E-state index contributed by atoms with van der Waals surface area (Å²) >= 11 is 6.28. The lowest BCUT2D eigenvalue weighted by Crippen LogP contribution is -2.38. The van der Waals surface area contributed by atoms with E-state index in [0.717, 1.165) is 11.6 Å². The minimum Gasteiger partial charge on any atom is -0.501 e. The number of likely N-dealkylation sites (tertiary alicyclic amines) is 1. The van der Waals surface area contributed by atoms with Gasteiger partial charge in [0.05, 0.1) is 16.6 Å². The molecule has 1 fully saturated rings. The summed E-state index contributed by atoms with van der Waals surface area (Å²) in [6.07, 6.45) is 2.59. The Bertz CT molecular complexity index is 865. The molecule has 1 aromatic carbocycles. The number of ether oxygens (including phenoxy) is 1. The first-order valence-corrected chi connectivity index (χ1v) is 8.68. The van der Waals surface area contributed by atoms with Crippen molar-refractivity contribution >= 4 is 34.3 Å². The quantitative estimate of drug-likeness (QED) is 0.641. The highest BCUT2D eigenvalue weighted by atomic mass is 35.5. The van der Waals surface area contributed by atoms with E-state index < -0.39 is 16.4 Å². The van der Waals surface area contributed by atoms with E-state index in [1.807, 2.05) is 6.07 Å². The van der Waals surface area contributed by atoms with Crippen molar-refractivity contribution in [3.63, 3.8) is 0 Å². The van der Waals surface area contributed by atoms with Gasteiger partial charge in [-0.3, -0.25) is 15.1 Å². The summed E-state index contributed by atoms with van der Waals surface area (Å²) in [7, 11) is 0. The van der Waals surface area contributed by atoms with Crippen molar-refractivity contribution in [1.29, 1.82) is 0 Å². The second-order valence-corrected chi connectivity index (χ2v) is 6.47. The van der Waals surface area contributed by atoms with Crippen LogP contribution in [0.5, 0.6) is 5.75 Å². The van der Waals surface area contributed by atoms with Crippen LogP contribution >= 0.6 is 11.6 Å². The number of piperidine rings is 1. The third kappa shape index (κ3) is 3.24. The number of hydrogen-bond donors (Lipinski definition) is 1. The van der Waals surface area contributed by atoms with Gasteiger partial charge in [-0.15, -0.1) is 0 Å². The standard InChI is InChI=1S/C17H18ClN3O5/c1-2-26-17(23)20-7-4-10(5-8-20)11-3-6-19-15-14(11)12(18)9-13(16(15)22)21(24)25/h3,6,9-10,22H,2,4-5,7-8H2,1H3. The first kappa shape index (κ1) is 18.2. The number of carbonyl (C=O) groups excluding carboxylic acids is 1. The Balaban J connectivity index is 1.94. The number of fused-ring (bicyclic) bond motifs is 1. The average Bonchev–Trinajstić information content (AvgIpc) is 2.64. The molecule has 0 saturated carbocycles. The van der Waals surface area contributed by atoms with E-state index in [1.165, 1.54) is 6.20 Å². The maximum absolute atomic E-state index is 11.8. The highest BCUT2D eigenvalue weighted by molar-refractivity contribution is 6.36. The Morgan fingerprint density at radius 2 is 2.19 bits per heavy atom. The second kappa shape index (κ2) is 7.33. The summed E-state index contributed by atoms with van der Waals surface area (Å²) in [5, 5.41) is 22.0. The smallest absolute Gasteiger partial charge is 0.409 e. The van der Waals surface area contributed by atoms with E-state index in [1.54, 1.807) is 11.8 Å². The summed E-state index contributed by atoms with van der Waals surface area (Å²) in [6.45, 7) is 3.19. The first-order chi connectivity index (χ1) is 12.4. The Hall–Kier alpha value is -2.61. The van der Waals surface area contributed by atoms with Crippen LogP contribution in [0.25, 0.3) is 10.9 Å². The fourth-order valence-electron chi connectivity index (χ4n) is 3.36. The van der Waals surface area contributed by atoms with Gasteiger partial charge in [0.1, 0.15) is 5.52 Å². The van der Waals surface area contributed by atoms with Gasteiger partial charge in [0.15, 0.2) is 0 Å². The average molecular weight is 380 g/mol. The van der Waals surface area contributed by atoms with Gasteiger partial charge in [-0.05, 0) is 37.3 Å². The maximum Gasteiger partial charge on any atom is 0.409 e. The number of aromatic nitrogens is 1. The van der Waals surface area contributed by atoms with E-state index in [-0.39, 0.29) is 22.6 Å². The molecule has 1 saturated heterocycles. The van der Waals surface area contributed by atoms with Gasteiger partial charge < -0.3 is 14.7 Å². The predicted molar refractivity (Wildman–Crippen MR) is 95.6 cm³/mol. The summed E-state index contributed by atoms with van der Waals surface area (Å²) in [5.41, 5.74) is 0.521. The van der Waals surface area contributed by atoms with E-state index in [2.05, 4.69) is 4.98 Å². The molecule has 138 valence electrons. The van der Waals surface area contributed by atoms with Crippen molar-refractivity contribution in [3.05, 3.63) is 39.0 Å². The fourth-order valence-corrected chi connectivity index (χ4v) is 3.66. The lowest BCUT2D eigenvalue weighted by molar-refractivity contribution is -0.385. The number of hydrogen-bond acceptors (Lipinski definition) is 6. The number of phenolic OH excluding ortho intramolecular Hbond substituents is 1. The molecule has 1 N–H and O–H groups in total. The Morgan fingerprint density at radius 3 is 2.81 bits per heavy atom. The predicted octanol–water partition coefficient (Wildman–Crippen LogP) is 3.84. The zero-order valence-electron chi connectivity index (χ0n) is 14.1. The zero-order chi connectivity index (χ0) is 18.8. The number of carbonyl (C=O) groups is 1. The fraction of sp³-hybridized carbons (Fsp3) is 0.412. The number of halogens is 1. The SMILES string of the molecule is CCOC(=O)N1CCC(c2ccnc3c(O)c([N+](=O)[O-])cc(Cl)c23)CC1.